The molecule has 0 heterocycles. The summed E-state index contributed by atoms with van der Waals surface area (Å²) in [6.07, 6.45) is 0.466. The summed E-state index contributed by atoms with van der Waals surface area (Å²) in [4.78, 5) is 27.9. The highest BCUT2D eigenvalue weighted by molar-refractivity contribution is 7.99. The highest BCUT2D eigenvalue weighted by Crippen LogP contribution is 2.25. The second-order valence-electron chi connectivity index (χ2n) is 8.73. The number of benzene rings is 2. The van der Waals surface area contributed by atoms with E-state index >= 15 is 0 Å². The molecule has 0 fully saturated rings. The molecule has 2 aromatic rings. The zero-order chi connectivity index (χ0) is 24.6. The second-order valence-corrected chi connectivity index (χ2v) is 10.1. The quantitative estimate of drug-likeness (QED) is 0.477. The summed E-state index contributed by atoms with van der Waals surface area (Å²) in [5, 5.41) is 3.31. The summed E-state index contributed by atoms with van der Waals surface area (Å²) < 4.78 is 19.3. The maximum absolute atomic E-state index is 14.1. The van der Waals surface area contributed by atoms with Crippen LogP contribution in [0.2, 0.25) is 5.02 Å². The van der Waals surface area contributed by atoms with E-state index in [9.17, 15) is 14.0 Å². The van der Waals surface area contributed by atoms with E-state index < -0.39 is 17.4 Å². The number of carbonyl (C=O) groups excluding carboxylic acids is 2. The summed E-state index contributed by atoms with van der Waals surface area (Å²) >= 11 is 7.38. The minimum absolute atomic E-state index is 0.0973. The fourth-order valence-electron chi connectivity index (χ4n) is 3.29. The molecule has 2 aromatic carbocycles. The molecule has 2 amide bonds. The van der Waals surface area contributed by atoms with Crippen LogP contribution in [0.15, 0.2) is 42.5 Å². The van der Waals surface area contributed by atoms with Gasteiger partial charge in [0.05, 0.1) is 12.9 Å². The van der Waals surface area contributed by atoms with E-state index in [0.29, 0.717) is 22.8 Å². The summed E-state index contributed by atoms with van der Waals surface area (Å²) in [6, 6.07) is 11.3. The molecule has 180 valence electrons. The molecule has 0 saturated heterocycles. The topological polar surface area (TPSA) is 58.6 Å². The van der Waals surface area contributed by atoms with Gasteiger partial charge in [-0.25, -0.2) is 4.39 Å². The van der Waals surface area contributed by atoms with Crippen LogP contribution in [-0.2, 0) is 21.9 Å². The summed E-state index contributed by atoms with van der Waals surface area (Å²) in [7, 11) is 1.59. The molecule has 0 aliphatic carbocycles. The van der Waals surface area contributed by atoms with Crippen molar-refractivity contribution in [3.63, 3.8) is 0 Å². The lowest BCUT2D eigenvalue weighted by Crippen LogP contribution is -2.53. The van der Waals surface area contributed by atoms with Gasteiger partial charge >= 0.3 is 0 Å². The molecule has 1 N–H and O–H groups in total. The van der Waals surface area contributed by atoms with Gasteiger partial charge in [0.15, 0.2) is 0 Å². The van der Waals surface area contributed by atoms with Crippen molar-refractivity contribution in [2.45, 2.75) is 58.0 Å². The zero-order valence-corrected chi connectivity index (χ0v) is 21.4. The Bertz CT molecular complexity index is 927. The van der Waals surface area contributed by atoms with Crippen LogP contribution in [0.4, 0.5) is 4.39 Å². The molecule has 0 saturated carbocycles. The van der Waals surface area contributed by atoms with E-state index in [1.54, 1.807) is 24.1 Å². The van der Waals surface area contributed by atoms with Gasteiger partial charge in [-0.15, -0.1) is 11.8 Å². The molecule has 1 unspecified atom stereocenters. The smallest absolute Gasteiger partial charge is 0.243 e. The number of methoxy groups -OCH3 is 1. The van der Waals surface area contributed by atoms with Crippen LogP contribution >= 0.6 is 23.4 Å². The molecule has 0 bridgehead atoms. The van der Waals surface area contributed by atoms with E-state index in [1.165, 1.54) is 17.8 Å². The maximum Gasteiger partial charge on any atom is 0.243 e. The fraction of sp³-hybridized carbons (Fsp3) is 0.440. The lowest BCUT2D eigenvalue weighted by molar-refractivity contribution is -0.140. The molecule has 5 nitrogen and oxygen atoms in total. The van der Waals surface area contributed by atoms with Gasteiger partial charge in [-0.1, -0.05) is 36.7 Å². The van der Waals surface area contributed by atoms with E-state index in [0.717, 1.165) is 5.56 Å². The van der Waals surface area contributed by atoms with Crippen LogP contribution in [0.3, 0.4) is 0 Å². The highest BCUT2D eigenvalue weighted by atomic mass is 35.5. The van der Waals surface area contributed by atoms with Gasteiger partial charge < -0.3 is 15.0 Å². The Balaban J connectivity index is 2.20. The first-order valence-corrected chi connectivity index (χ1v) is 12.3. The number of halogens is 2. The monoisotopic (exact) mass is 494 g/mol. The van der Waals surface area contributed by atoms with Crippen LogP contribution < -0.4 is 10.1 Å². The van der Waals surface area contributed by atoms with Gasteiger partial charge in [-0.3, -0.25) is 9.59 Å². The Morgan fingerprint density at radius 1 is 1.18 bits per heavy atom. The minimum Gasteiger partial charge on any atom is -0.497 e. The van der Waals surface area contributed by atoms with Gasteiger partial charge in [0.1, 0.15) is 17.6 Å². The fourth-order valence-corrected chi connectivity index (χ4v) is 4.54. The van der Waals surface area contributed by atoms with Crippen LogP contribution in [0.5, 0.6) is 5.75 Å². The highest BCUT2D eigenvalue weighted by Gasteiger charge is 2.30. The molecule has 33 heavy (non-hydrogen) atoms. The molecule has 8 heteroatoms. The van der Waals surface area contributed by atoms with E-state index in [1.807, 2.05) is 52.0 Å². The van der Waals surface area contributed by atoms with Crippen LogP contribution in [0.25, 0.3) is 0 Å². The van der Waals surface area contributed by atoms with Crippen molar-refractivity contribution in [1.82, 2.24) is 10.2 Å². The third kappa shape index (κ3) is 8.23. The minimum atomic E-state index is -0.628. The molecule has 0 aliphatic rings. The van der Waals surface area contributed by atoms with Crippen molar-refractivity contribution in [3.8, 4) is 5.75 Å². The van der Waals surface area contributed by atoms with E-state index in [2.05, 4.69) is 5.32 Å². The lowest BCUT2D eigenvalue weighted by atomic mass is 10.1. The first-order chi connectivity index (χ1) is 15.6. The van der Waals surface area contributed by atoms with Gasteiger partial charge in [0.25, 0.3) is 0 Å². The molecule has 0 spiro atoms. The van der Waals surface area contributed by atoms with Gasteiger partial charge in [-0.2, -0.15) is 0 Å². The maximum atomic E-state index is 14.1. The van der Waals surface area contributed by atoms with E-state index in [4.69, 9.17) is 16.3 Å². The molecule has 2 rings (SSSR count). The molecule has 1 atom stereocenters. The summed E-state index contributed by atoms with van der Waals surface area (Å²) in [5.74, 6) is 0.284. The molecular weight excluding hydrogens is 463 g/mol. The molecule has 0 aliphatic heterocycles. The van der Waals surface area contributed by atoms with E-state index in [-0.39, 0.29) is 29.9 Å². The first kappa shape index (κ1) is 27.0. The summed E-state index contributed by atoms with van der Waals surface area (Å²) in [6.45, 7) is 7.87. The van der Waals surface area contributed by atoms with Crippen molar-refractivity contribution < 1.29 is 18.7 Å². The number of nitrogens with one attached hydrogen (secondary N) is 1. The number of ether oxygens (including phenoxy) is 1. The lowest BCUT2D eigenvalue weighted by Gasteiger charge is -2.33. The van der Waals surface area contributed by atoms with Crippen LogP contribution in [0, 0.1) is 5.82 Å². The SMILES string of the molecule is CCC(C(=O)NC(C)(C)C)N(Cc1ccc(OC)cc1)C(=O)CSCc1c(F)cccc1Cl. The van der Waals surface area contributed by atoms with Gasteiger partial charge in [0.2, 0.25) is 11.8 Å². The van der Waals surface area contributed by atoms with Crippen LogP contribution in [0.1, 0.15) is 45.2 Å². The van der Waals surface area contributed by atoms with Crippen molar-refractivity contribution in [1.29, 1.82) is 0 Å². The average Bonchev–Trinajstić information content (AvgIpc) is 2.74. The van der Waals surface area contributed by atoms with Gasteiger partial charge in [-0.05, 0) is 57.0 Å². The Hall–Kier alpha value is -2.25. The van der Waals surface area contributed by atoms with Gasteiger partial charge in [0, 0.05) is 28.4 Å². The number of thioether (sulfide) groups is 1. The van der Waals surface area contributed by atoms with Crippen molar-refractivity contribution >= 4 is 35.2 Å². The number of hydrogen-bond donors (Lipinski definition) is 1. The second kappa shape index (κ2) is 12.3. The van der Waals surface area contributed by atoms with Crippen molar-refractivity contribution in [3.05, 3.63) is 64.4 Å². The third-order valence-electron chi connectivity index (χ3n) is 4.93. The number of amides is 2. The van der Waals surface area contributed by atoms with Crippen molar-refractivity contribution in [2.24, 2.45) is 0 Å². The largest absolute Gasteiger partial charge is 0.497 e. The first-order valence-electron chi connectivity index (χ1n) is 10.8. The Morgan fingerprint density at radius 2 is 1.85 bits per heavy atom. The van der Waals surface area contributed by atoms with Crippen LogP contribution in [-0.4, -0.2) is 41.2 Å². The standard InChI is InChI=1S/C25H32ClFN2O3S/c1-6-22(24(31)28-25(2,3)4)29(14-17-10-12-18(32-5)13-11-17)23(30)16-33-15-19-20(26)8-7-9-21(19)27/h7-13,22H,6,14-16H2,1-5H3,(H,28,31). The summed E-state index contributed by atoms with van der Waals surface area (Å²) in [5.41, 5.74) is 0.833. The molecular formula is C25H32ClFN2O3S. The molecule has 0 aromatic heterocycles. The molecule has 0 radical (unpaired) electrons. The zero-order valence-electron chi connectivity index (χ0n) is 19.8. The normalized spacial score (nSPS) is 12.2. The van der Waals surface area contributed by atoms with Crippen molar-refractivity contribution in [2.75, 3.05) is 12.9 Å². The Labute approximate surface area is 205 Å². The number of carbonyl (C=O) groups is 2. The Kier molecular flexibility index (Phi) is 10.0. The third-order valence-corrected chi connectivity index (χ3v) is 6.23. The Morgan fingerprint density at radius 3 is 2.39 bits per heavy atom. The number of hydrogen-bond acceptors (Lipinski definition) is 4. The average molecular weight is 495 g/mol. The number of rotatable bonds is 10. The predicted octanol–water partition coefficient (Wildman–Crippen LogP) is 5.44. The predicted molar refractivity (Wildman–Crippen MR) is 133 cm³/mol. The number of nitrogens with zero attached hydrogens (tertiary/aromatic N) is 1.